The number of nitrogens with one attached hydrogen (secondary N) is 2. The molecule has 0 saturated carbocycles. The molecule has 3 aromatic rings. The summed E-state index contributed by atoms with van der Waals surface area (Å²) in [6, 6.07) is 9.71. The van der Waals surface area contributed by atoms with Gasteiger partial charge in [-0.3, -0.25) is 9.89 Å². The SMILES string of the molecule is CN1CCN(c2ccc(C(=O)Cc3[nH]nc4c3CN(S(=O)(=O)c3cccs3)C4(C)C)c(NC3CCOCC3)c2)CC1. The smallest absolute Gasteiger partial charge is 0.253 e. The monoisotopic (exact) mass is 598 g/mol. The summed E-state index contributed by atoms with van der Waals surface area (Å²) in [5, 5.41) is 13.0. The number of aromatic nitrogens is 2. The van der Waals surface area contributed by atoms with E-state index in [0.717, 1.165) is 56.0 Å². The number of thiophene rings is 1. The van der Waals surface area contributed by atoms with Crippen molar-refractivity contribution in [1.29, 1.82) is 0 Å². The molecular formula is C29H38N6O4S2. The molecule has 1 aromatic carbocycles. The zero-order valence-corrected chi connectivity index (χ0v) is 25.5. The first kappa shape index (κ1) is 28.4. The Hall–Kier alpha value is -2.77. The maximum atomic E-state index is 13.9. The van der Waals surface area contributed by atoms with Crippen LogP contribution in [0.4, 0.5) is 11.4 Å². The topological polar surface area (TPSA) is 111 Å². The second kappa shape index (κ2) is 11.1. The summed E-state index contributed by atoms with van der Waals surface area (Å²) in [6.07, 6.45) is 1.90. The van der Waals surface area contributed by atoms with Crippen molar-refractivity contribution in [3.05, 3.63) is 58.2 Å². The Bertz CT molecular complexity index is 1500. The Labute approximate surface area is 245 Å². The van der Waals surface area contributed by atoms with E-state index in [0.29, 0.717) is 34.4 Å². The minimum Gasteiger partial charge on any atom is -0.381 e. The van der Waals surface area contributed by atoms with E-state index >= 15 is 0 Å². The van der Waals surface area contributed by atoms with Crippen LogP contribution in [0, 0.1) is 0 Å². The molecule has 2 N–H and O–H groups in total. The van der Waals surface area contributed by atoms with Gasteiger partial charge < -0.3 is 19.9 Å². The molecule has 0 radical (unpaired) electrons. The zero-order chi connectivity index (χ0) is 28.8. The summed E-state index contributed by atoms with van der Waals surface area (Å²) in [7, 11) is -1.55. The van der Waals surface area contributed by atoms with Crippen molar-refractivity contribution in [2.45, 2.75) is 55.4 Å². The van der Waals surface area contributed by atoms with E-state index in [2.05, 4.69) is 38.4 Å². The van der Waals surface area contributed by atoms with Crippen LogP contribution in [0.1, 0.15) is 54.0 Å². The van der Waals surface area contributed by atoms with Gasteiger partial charge in [0, 0.05) is 80.2 Å². The first-order chi connectivity index (χ1) is 19.6. The second-order valence-electron chi connectivity index (χ2n) is 11.7. The number of anilines is 2. The number of carbonyl (C=O) groups excluding carboxylic acids is 1. The minimum absolute atomic E-state index is 0.0340. The van der Waals surface area contributed by atoms with Crippen LogP contribution in [-0.2, 0) is 33.3 Å². The second-order valence-corrected chi connectivity index (χ2v) is 14.7. The molecule has 5 heterocycles. The number of sulfonamides is 1. The van der Waals surface area contributed by atoms with Crippen molar-refractivity contribution in [3.63, 3.8) is 0 Å². The van der Waals surface area contributed by atoms with Crippen LogP contribution in [0.3, 0.4) is 0 Å². The molecule has 2 fully saturated rings. The number of H-pyrrole nitrogens is 1. The average molecular weight is 599 g/mol. The van der Waals surface area contributed by atoms with Crippen LogP contribution in [-0.4, -0.2) is 86.1 Å². The van der Waals surface area contributed by atoms with Crippen LogP contribution in [0.2, 0.25) is 0 Å². The van der Waals surface area contributed by atoms with Gasteiger partial charge in [0.25, 0.3) is 10.0 Å². The number of fused-ring (bicyclic) bond motifs is 1. The Balaban J connectivity index is 1.26. The van der Waals surface area contributed by atoms with Gasteiger partial charge in [-0.05, 0) is 63.4 Å². The van der Waals surface area contributed by atoms with Gasteiger partial charge in [0.2, 0.25) is 0 Å². The summed E-state index contributed by atoms with van der Waals surface area (Å²) in [5.74, 6) is -0.0340. The highest BCUT2D eigenvalue weighted by molar-refractivity contribution is 7.91. The molecule has 0 atom stereocenters. The van der Waals surface area contributed by atoms with Crippen molar-refractivity contribution in [1.82, 2.24) is 19.4 Å². The first-order valence-corrected chi connectivity index (χ1v) is 16.5. The molecular weight excluding hydrogens is 560 g/mol. The van der Waals surface area contributed by atoms with E-state index in [1.807, 2.05) is 26.0 Å². The van der Waals surface area contributed by atoms with E-state index in [4.69, 9.17) is 4.74 Å². The largest absolute Gasteiger partial charge is 0.381 e. The number of hydrogen-bond acceptors (Lipinski definition) is 9. The average Bonchev–Trinajstić information content (AvgIpc) is 3.69. The van der Waals surface area contributed by atoms with Crippen LogP contribution >= 0.6 is 11.3 Å². The molecule has 3 aliphatic rings. The lowest BCUT2D eigenvalue weighted by atomic mass is 9.98. The molecule has 41 heavy (non-hydrogen) atoms. The molecule has 0 aliphatic carbocycles. The van der Waals surface area contributed by atoms with Crippen molar-refractivity contribution >= 4 is 38.5 Å². The summed E-state index contributed by atoms with van der Waals surface area (Å²) in [5.41, 5.74) is 3.89. The van der Waals surface area contributed by atoms with Gasteiger partial charge in [0.05, 0.1) is 17.7 Å². The van der Waals surface area contributed by atoms with Crippen molar-refractivity contribution < 1.29 is 17.9 Å². The number of carbonyl (C=O) groups is 1. The van der Waals surface area contributed by atoms with Crippen LogP contribution in [0.15, 0.2) is 39.9 Å². The normalized spacial score (nSPS) is 20.3. The fraction of sp³-hybridized carbons (Fsp3) is 0.517. The summed E-state index contributed by atoms with van der Waals surface area (Å²) in [6.45, 7) is 9.22. The number of likely N-dealkylation sites (N-methyl/N-ethyl adjacent to an activating group) is 1. The van der Waals surface area contributed by atoms with Crippen molar-refractivity contribution in [2.75, 3.05) is 56.7 Å². The number of ketones is 1. The first-order valence-electron chi connectivity index (χ1n) is 14.2. The third kappa shape index (κ3) is 5.43. The molecule has 0 bridgehead atoms. The fourth-order valence-electron chi connectivity index (χ4n) is 6.06. The quantitative estimate of drug-likeness (QED) is 0.378. The van der Waals surface area contributed by atoms with Gasteiger partial charge in [0.1, 0.15) is 4.21 Å². The zero-order valence-electron chi connectivity index (χ0n) is 23.9. The van der Waals surface area contributed by atoms with Crippen LogP contribution in [0.5, 0.6) is 0 Å². The van der Waals surface area contributed by atoms with E-state index in [1.165, 1.54) is 15.6 Å². The number of nitrogens with zero attached hydrogens (tertiary/aromatic N) is 4. The van der Waals surface area contributed by atoms with Crippen LogP contribution < -0.4 is 10.2 Å². The molecule has 10 nitrogen and oxygen atoms in total. The van der Waals surface area contributed by atoms with Gasteiger partial charge >= 0.3 is 0 Å². The van der Waals surface area contributed by atoms with Gasteiger partial charge in [-0.1, -0.05) is 6.07 Å². The van der Waals surface area contributed by atoms with Gasteiger partial charge in [0.15, 0.2) is 5.78 Å². The minimum atomic E-state index is -3.69. The molecule has 2 saturated heterocycles. The number of aromatic amines is 1. The van der Waals surface area contributed by atoms with E-state index in [-0.39, 0.29) is 24.8 Å². The lowest BCUT2D eigenvalue weighted by molar-refractivity contribution is 0.0904. The maximum absolute atomic E-state index is 13.9. The Morgan fingerprint density at radius 3 is 2.63 bits per heavy atom. The number of rotatable bonds is 8. The standard InChI is InChI=1S/C29H38N6O4S2/c1-29(2)28-23(19-35(29)41(37,38)27-5-4-16-40-27)25(31-32-28)18-26(36)22-7-6-21(34-12-10-33(3)11-13-34)17-24(22)30-20-8-14-39-15-9-20/h4-7,16-17,20,30H,8-15,18-19H2,1-3H3,(H,31,32). The fourth-order valence-corrected chi connectivity index (χ4v) is 8.89. The third-order valence-electron chi connectivity index (χ3n) is 8.59. The number of Topliss-reactive ketones (excluding diaryl/α,β-unsaturated/α-hetero) is 1. The van der Waals surface area contributed by atoms with Crippen LogP contribution in [0.25, 0.3) is 0 Å². The molecule has 0 amide bonds. The number of hydrogen-bond donors (Lipinski definition) is 2. The van der Waals surface area contributed by atoms with Gasteiger partial charge in [-0.2, -0.15) is 9.40 Å². The molecule has 3 aliphatic heterocycles. The highest BCUT2D eigenvalue weighted by atomic mass is 32.2. The number of piperazine rings is 1. The molecule has 6 rings (SSSR count). The summed E-state index contributed by atoms with van der Waals surface area (Å²) in [4.78, 5) is 18.6. The summed E-state index contributed by atoms with van der Waals surface area (Å²) < 4.78 is 34.3. The maximum Gasteiger partial charge on any atom is 0.253 e. The predicted octanol–water partition coefficient (Wildman–Crippen LogP) is 3.68. The Morgan fingerprint density at radius 1 is 1.17 bits per heavy atom. The molecule has 0 unspecified atom stereocenters. The van der Waals surface area contributed by atoms with Gasteiger partial charge in [-0.25, -0.2) is 8.42 Å². The summed E-state index contributed by atoms with van der Waals surface area (Å²) >= 11 is 1.21. The lowest BCUT2D eigenvalue weighted by Crippen LogP contribution is -2.44. The molecule has 220 valence electrons. The number of benzene rings is 1. The third-order valence-corrected chi connectivity index (χ3v) is 12.0. The molecule has 2 aromatic heterocycles. The molecule has 0 spiro atoms. The van der Waals surface area contributed by atoms with E-state index in [9.17, 15) is 13.2 Å². The highest BCUT2D eigenvalue weighted by Gasteiger charge is 2.48. The van der Waals surface area contributed by atoms with E-state index < -0.39 is 15.6 Å². The van der Waals surface area contributed by atoms with E-state index in [1.54, 1.807) is 17.5 Å². The highest BCUT2D eigenvalue weighted by Crippen LogP contribution is 2.43. The number of ether oxygens (including phenoxy) is 1. The van der Waals surface area contributed by atoms with Crippen molar-refractivity contribution in [3.8, 4) is 0 Å². The van der Waals surface area contributed by atoms with Gasteiger partial charge in [-0.15, -0.1) is 11.3 Å². The van der Waals surface area contributed by atoms with Crippen molar-refractivity contribution in [2.24, 2.45) is 0 Å². The molecule has 12 heteroatoms. The lowest BCUT2D eigenvalue weighted by Gasteiger charge is -2.34. The Morgan fingerprint density at radius 2 is 1.93 bits per heavy atom. The predicted molar refractivity (Wildman–Crippen MR) is 160 cm³/mol. The Kier molecular flexibility index (Phi) is 7.70.